The molecule has 1 aliphatic rings. The van der Waals surface area contributed by atoms with Gasteiger partial charge in [-0.15, -0.1) is 11.3 Å². The molecule has 0 aliphatic carbocycles. The zero-order chi connectivity index (χ0) is 28.4. The summed E-state index contributed by atoms with van der Waals surface area (Å²) < 4.78 is 11.8. The molecule has 1 aliphatic heterocycles. The summed E-state index contributed by atoms with van der Waals surface area (Å²) in [6.45, 7) is 4.33. The van der Waals surface area contributed by atoms with Crippen LogP contribution in [0.25, 0.3) is 16.5 Å². The van der Waals surface area contributed by atoms with Crippen LogP contribution >= 0.6 is 22.9 Å². The van der Waals surface area contributed by atoms with Crippen LogP contribution < -0.4 is 20.5 Å². The van der Waals surface area contributed by atoms with Gasteiger partial charge in [0.25, 0.3) is 5.56 Å². The fraction of sp³-hybridized carbons (Fsp3) is 0.250. The minimum absolute atomic E-state index is 0.0177. The van der Waals surface area contributed by atoms with Crippen LogP contribution in [0.2, 0.25) is 5.02 Å². The first-order valence-electron chi connectivity index (χ1n) is 12.6. The Balaban J connectivity index is 1.49. The van der Waals surface area contributed by atoms with Crippen LogP contribution in [-0.4, -0.2) is 47.3 Å². The van der Waals surface area contributed by atoms with Crippen LogP contribution in [0.3, 0.4) is 0 Å². The molecule has 40 heavy (non-hydrogen) atoms. The standard InChI is InChI=1S/C28H25ClN4O6S/c1-3-38-20-11-9-19(10-12-20)33-27(36)23-21(24(31-33)28(37)39-4-2)15-40-26(23)30-25(35)16-13-22(34)32(14-16)18-7-5-17(29)6-8-18/h5-12,15-16H,3-4,13-14H2,1-2H3,(H,30,35). The molecule has 0 bridgehead atoms. The first-order valence-corrected chi connectivity index (χ1v) is 13.9. The predicted molar refractivity (Wildman–Crippen MR) is 153 cm³/mol. The number of anilines is 2. The van der Waals surface area contributed by atoms with Crippen molar-refractivity contribution in [3.63, 3.8) is 0 Å². The van der Waals surface area contributed by atoms with E-state index in [0.717, 1.165) is 16.0 Å². The first-order chi connectivity index (χ1) is 19.3. The number of fused-ring (bicyclic) bond motifs is 1. The molecule has 1 unspecified atom stereocenters. The summed E-state index contributed by atoms with van der Waals surface area (Å²) in [4.78, 5) is 54.0. The number of nitrogens with one attached hydrogen (secondary N) is 1. The highest BCUT2D eigenvalue weighted by atomic mass is 35.5. The third-order valence-electron chi connectivity index (χ3n) is 6.38. The van der Waals surface area contributed by atoms with Crippen molar-refractivity contribution in [2.24, 2.45) is 5.92 Å². The van der Waals surface area contributed by atoms with Crippen molar-refractivity contribution in [3.8, 4) is 11.4 Å². The Kier molecular flexibility index (Phi) is 7.85. The summed E-state index contributed by atoms with van der Waals surface area (Å²) in [5, 5.41) is 9.93. The second-order valence-electron chi connectivity index (χ2n) is 8.94. The number of benzene rings is 2. The molecule has 2 amide bonds. The average Bonchev–Trinajstić information content (AvgIpc) is 3.54. The van der Waals surface area contributed by atoms with Gasteiger partial charge in [-0.2, -0.15) is 9.78 Å². The van der Waals surface area contributed by atoms with E-state index < -0.39 is 23.4 Å². The Labute approximate surface area is 238 Å². The fourth-order valence-corrected chi connectivity index (χ4v) is 5.55. The Bertz CT molecular complexity index is 1650. The zero-order valence-corrected chi connectivity index (χ0v) is 23.3. The largest absolute Gasteiger partial charge is 0.494 e. The normalized spacial score (nSPS) is 14.9. The van der Waals surface area contributed by atoms with Crippen molar-refractivity contribution in [2.75, 3.05) is 30.0 Å². The molecule has 2 aromatic carbocycles. The lowest BCUT2D eigenvalue weighted by Crippen LogP contribution is -2.29. The van der Waals surface area contributed by atoms with Gasteiger partial charge in [0.1, 0.15) is 10.8 Å². The molecule has 3 heterocycles. The van der Waals surface area contributed by atoms with Crippen LogP contribution in [0, 0.1) is 5.92 Å². The molecule has 12 heteroatoms. The molecule has 206 valence electrons. The average molecular weight is 581 g/mol. The van der Waals surface area contributed by atoms with Crippen molar-refractivity contribution < 1.29 is 23.9 Å². The molecule has 5 rings (SSSR count). The highest BCUT2D eigenvalue weighted by Gasteiger charge is 2.36. The van der Waals surface area contributed by atoms with Gasteiger partial charge in [0.15, 0.2) is 5.69 Å². The van der Waals surface area contributed by atoms with E-state index in [1.54, 1.807) is 60.8 Å². The van der Waals surface area contributed by atoms with E-state index >= 15 is 0 Å². The van der Waals surface area contributed by atoms with E-state index in [4.69, 9.17) is 21.1 Å². The molecule has 10 nitrogen and oxygen atoms in total. The molecule has 1 fully saturated rings. The summed E-state index contributed by atoms with van der Waals surface area (Å²) in [7, 11) is 0. The molecule has 0 saturated carbocycles. The molecule has 1 N–H and O–H groups in total. The van der Waals surface area contributed by atoms with Gasteiger partial charge in [0, 0.05) is 34.4 Å². The maximum Gasteiger partial charge on any atom is 0.359 e. The SMILES string of the molecule is CCOC(=O)c1nn(-c2ccc(OCC)cc2)c(=O)c2c(NC(=O)C3CC(=O)N(c4ccc(Cl)cc4)C3)scc12. The summed E-state index contributed by atoms with van der Waals surface area (Å²) in [6.07, 6.45) is 0.0177. The molecule has 4 aromatic rings. The number of hydrogen-bond donors (Lipinski definition) is 1. The number of esters is 1. The Hall–Kier alpha value is -4.22. The fourth-order valence-electron chi connectivity index (χ4n) is 4.48. The summed E-state index contributed by atoms with van der Waals surface area (Å²) in [5.74, 6) is -1.31. The number of rotatable bonds is 8. The van der Waals surface area contributed by atoms with Gasteiger partial charge in [-0.05, 0) is 62.4 Å². The predicted octanol–water partition coefficient (Wildman–Crippen LogP) is 4.67. The summed E-state index contributed by atoms with van der Waals surface area (Å²) >= 11 is 7.06. The number of halogens is 1. The van der Waals surface area contributed by atoms with Crippen molar-refractivity contribution in [2.45, 2.75) is 20.3 Å². The van der Waals surface area contributed by atoms with Crippen LogP contribution in [0.15, 0.2) is 58.7 Å². The Morgan fingerprint density at radius 3 is 2.42 bits per heavy atom. The van der Waals surface area contributed by atoms with Crippen LogP contribution in [0.4, 0.5) is 10.7 Å². The van der Waals surface area contributed by atoms with Crippen molar-refractivity contribution in [1.82, 2.24) is 9.78 Å². The molecule has 1 saturated heterocycles. The van der Waals surface area contributed by atoms with E-state index in [1.165, 1.54) is 4.90 Å². The number of ether oxygens (including phenoxy) is 2. The van der Waals surface area contributed by atoms with Gasteiger partial charge < -0.3 is 19.7 Å². The second-order valence-corrected chi connectivity index (χ2v) is 10.3. The molecule has 2 aromatic heterocycles. The summed E-state index contributed by atoms with van der Waals surface area (Å²) in [6, 6.07) is 13.5. The maximum absolute atomic E-state index is 13.7. The van der Waals surface area contributed by atoms with Crippen LogP contribution in [-0.2, 0) is 14.3 Å². The Morgan fingerprint density at radius 1 is 1.05 bits per heavy atom. The minimum Gasteiger partial charge on any atom is -0.494 e. The Morgan fingerprint density at radius 2 is 1.75 bits per heavy atom. The van der Waals surface area contributed by atoms with Gasteiger partial charge >= 0.3 is 5.97 Å². The molecule has 0 spiro atoms. The number of carbonyl (C=O) groups excluding carboxylic acids is 3. The smallest absolute Gasteiger partial charge is 0.359 e. The van der Waals surface area contributed by atoms with Gasteiger partial charge in [0.05, 0.1) is 30.2 Å². The minimum atomic E-state index is -0.692. The van der Waals surface area contributed by atoms with Gasteiger partial charge in [-0.1, -0.05) is 11.6 Å². The monoisotopic (exact) mass is 580 g/mol. The zero-order valence-electron chi connectivity index (χ0n) is 21.7. The lowest BCUT2D eigenvalue weighted by atomic mass is 10.1. The molecular weight excluding hydrogens is 556 g/mol. The third-order valence-corrected chi connectivity index (χ3v) is 7.53. The highest BCUT2D eigenvalue weighted by molar-refractivity contribution is 7.16. The van der Waals surface area contributed by atoms with E-state index in [0.29, 0.717) is 28.8 Å². The summed E-state index contributed by atoms with van der Waals surface area (Å²) in [5.41, 5.74) is 0.486. The quantitative estimate of drug-likeness (QED) is 0.301. The topological polar surface area (TPSA) is 120 Å². The number of aromatic nitrogens is 2. The first kappa shape index (κ1) is 27.4. The maximum atomic E-state index is 13.7. The van der Waals surface area contributed by atoms with E-state index in [-0.39, 0.29) is 46.9 Å². The number of hydrogen-bond acceptors (Lipinski definition) is 8. The van der Waals surface area contributed by atoms with E-state index in [2.05, 4.69) is 10.4 Å². The van der Waals surface area contributed by atoms with Crippen molar-refractivity contribution in [3.05, 3.63) is 75.0 Å². The van der Waals surface area contributed by atoms with Gasteiger partial charge in [-0.25, -0.2) is 4.79 Å². The lowest BCUT2D eigenvalue weighted by molar-refractivity contribution is -0.122. The number of nitrogens with zero attached hydrogens (tertiary/aromatic N) is 3. The van der Waals surface area contributed by atoms with Crippen LogP contribution in [0.1, 0.15) is 30.8 Å². The molecule has 1 atom stereocenters. The highest BCUT2D eigenvalue weighted by Crippen LogP contribution is 2.33. The number of carbonyl (C=O) groups is 3. The number of amides is 2. The van der Waals surface area contributed by atoms with Crippen molar-refractivity contribution in [1.29, 1.82) is 0 Å². The second kappa shape index (κ2) is 11.5. The van der Waals surface area contributed by atoms with E-state index in [9.17, 15) is 19.2 Å². The van der Waals surface area contributed by atoms with E-state index in [1.807, 2.05) is 6.92 Å². The van der Waals surface area contributed by atoms with Crippen LogP contribution in [0.5, 0.6) is 5.75 Å². The van der Waals surface area contributed by atoms with Gasteiger partial charge in [-0.3, -0.25) is 14.4 Å². The third kappa shape index (κ3) is 5.30. The molecular formula is C28H25ClN4O6S. The van der Waals surface area contributed by atoms with Gasteiger partial charge in [0.2, 0.25) is 11.8 Å². The van der Waals surface area contributed by atoms with Crippen molar-refractivity contribution >= 4 is 62.2 Å². The lowest BCUT2D eigenvalue weighted by Gasteiger charge is -2.16. The molecule has 0 radical (unpaired) electrons. The number of thiophene rings is 1.